The highest BCUT2D eigenvalue weighted by atomic mass is 79.9. The van der Waals surface area contributed by atoms with Crippen LogP contribution in [0.3, 0.4) is 0 Å². The van der Waals surface area contributed by atoms with Crippen molar-refractivity contribution in [2.24, 2.45) is 0 Å². The molecule has 6 heteroatoms. The summed E-state index contributed by atoms with van der Waals surface area (Å²) in [6, 6.07) is 5.50. The summed E-state index contributed by atoms with van der Waals surface area (Å²) in [6.45, 7) is 2.10. The predicted molar refractivity (Wildman–Crippen MR) is 88.0 cm³/mol. The SMILES string of the molecule is CCCc1nc(Cc2ccc(Cl)c(Cl)c2)nc(Cl)c1Br. The van der Waals surface area contributed by atoms with Gasteiger partial charge in [-0.05, 0) is 40.0 Å². The lowest BCUT2D eigenvalue weighted by atomic mass is 10.1. The Bertz CT molecular complexity index is 632. The van der Waals surface area contributed by atoms with Gasteiger partial charge in [0.2, 0.25) is 0 Å². The lowest BCUT2D eigenvalue weighted by Crippen LogP contribution is -2.03. The van der Waals surface area contributed by atoms with Crippen LogP contribution < -0.4 is 0 Å². The van der Waals surface area contributed by atoms with E-state index in [2.05, 4.69) is 32.8 Å². The molecule has 1 heterocycles. The van der Waals surface area contributed by atoms with Crippen molar-refractivity contribution < 1.29 is 0 Å². The first-order valence-corrected chi connectivity index (χ1v) is 8.08. The molecule has 0 N–H and O–H groups in total. The maximum atomic E-state index is 6.13. The Morgan fingerprint density at radius 2 is 1.85 bits per heavy atom. The molecule has 0 unspecified atom stereocenters. The van der Waals surface area contributed by atoms with Crippen molar-refractivity contribution in [2.45, 2.75) is 26.2 Å². The number of nitrogens with zero attached hydrogens (tertiary/aromatic N) is 2. The molecule has 2 nitrogen and oxygen atoms in total. The molecule has 0 aliphatic heterocycles. The summed E-state index contributed by atoms with van der Waals surface area (Å²) in [5.74, 6) is 0.681. The Morgan fingerprint density at radius 3 is 2.50 bits per heavy atom. The van der Waals surface area contributed by atoms with Crippen LogP contribution in [-0.4, -0.2) is 9.97 Å². The highest BCUT2D eigenvalue weighted by Gasteiger charge is 2.11. The van der Waals surface area contributed by atoms with E-state index in [4.69, 9.17) is 34.8 Å². The fourth-order valence-corrected chi connectivity index (χ4v) is 2.73. The molecule has 0 bridgehead atoms. The molecule has 0 radical (unpaired) electrons. The van der Waals surface area contributed by atoms with Crippen LogP contribution in [-0.2, 0) is 12.8 Å². The summed E-state index contributed by atoms with van der Waals surface area (Å²) in [5, 5.41) is 1.51. The van der Waals surface area contributed by atoms with Gasteiger partial charge in [0.25, 0.3) is 0 Å². The van der Waals surface area contributed by atoms with Gasteiger partial charge in [0.1, 0.15) is 11.0 Å². The lowest BCUT2D eigenvalue weighted by molar-refractivity contribution is 0.834. The summed E-state index contributed by atoms with van der Waals surface area (Å²) in [6.07, 6.45) is 2.43. The monoisotopic (exact) mass is 392 g/mol. The van der Waals surface area contributed by atoms with Gasteiger partial charge >= 0.3 is 0 Å². The second-order valence-corrected chi connectivity index (χ2v) is 6.33. The number of aromatic nitrogens is 2. The molecule has 2 rings (SSSR count). The molecule has 0 fully saturated rings. The smallest absolute Gasteiger partial charge is 0.147 e. The van der Waals surface area contributed by atoms with Crippen molar-refractivity contribution in [1.29, 1.82) is 0 Å². The zero-order chi connectivity index (χ0) is 14.7. The van der Waals surface area contributed by atoms with Gasteiger partial charge in [-0.3, -0.25) is 0 Å². The largest absolute Gasteiger partial charge is 0.236 e. The second kappa shape index (κ2) is 7.08. The van der Waals surface area contributed by atoms with E-state index in [0.717, 1.165) is 28.6 Å². The minimum absolute atomic E-state index is 0.443. The average Bonchev–Trinajstić information content (AvgIpc) is 2.40. The zero-order valence-corrected chi connectivity index (χ0v) is 14.6. The summed E-state index contributed by atoms with van der Waals surface area (Å²) >= 11 is 21.5. The molecule has 0 saturated heterocycles. The standard InChI is InChI=1S/C14H12BrCl3N2/c1-2-3-11-13(15)14(18)20-12(19-11)7-8-4-5-9(16)10(17)6-8/h4-6H,2-3,7H2,1H3. The Labute approximate surface area is 141 Å². The minimum Gasteiger partial charge on any atom is -0.236 e. The van der Waals surface area contributed by atoms with Gasteiger partial charge in [0.15, 0.2) is 0 Å². The predicted octanol–water partition coefficient (Wildman–Crippen LogP) is 5.74. The minimum atomic E-state index is 0.443. The molecule has 0 aliphatic carbocycles. The number of benzene rings is 1. The number of halogens is 4. The van der Waals surface area contributed by atoms with Crippen LogP contribution in [0.5, 0.6) is 0 Å². The van der Waals surface area contributed by atoms with Crippen molar-refractivity contribution in [3.05, 3.63) is 55.0 Å². The van der Waals surface area contributed by atoms with E-state index >= 15 is 0 Å². The van der Waals surface area contributed by atoms with Gasteiger partial charge in [-0.2, -0.15) is 0 Å². The first-order valence-electron chi connectivity index (χ1n) is 6.16. The highest BCUT2D eigenvalue weighted by Crippen LogP contribution is 2.26. The molecule has 2 aromatic rings. The number of hydrogen-bond acceptors (Lipinski definition) is 2. The Kier molecular flexibility index (Phi) is 5.67. The topological polar surface area (TPSA) is 25.8 Å². The maximum absolute atomic E-state index is 6.13. The Morgan fingerprint density at radius 1 is 1.10 bits per heavy atom. The van der Waals surface area contributed by atoms with Crippen molar-refractivity contribution in [3.8, 4) is 0 Å². The third-order valence-corrected chi connectivity index (χ3v) is 4.83. The van der Waals surface area contributed by atoms with Crippen molar-refractivity contribution >= 4 is 50.7 Å². The second-order valence-electron chi connectivity index (χ2n) is 4.37. The maximum Gasteiger partial charge on any atom is 0.147 e. The van der Waals surface area contributed by atoms with Gasteiger partial charge in [0.05, 0.1) is 20.2 Å². The quantitative estimate of drug-likeness (QED) is 0.618. The number of hydrogen-bond donors (Lipinski definition) is 0. The fraction of sp³-hybridized carbons (Fsp3) is 0.286. The summed E-state index contributed by atoms with van der Waals surface area (Å²) in [5.41, 5.74) is 1.93. The third-order valence-electron chi connectivity index (χ3n) is 2.76. The molecule has 0 saturated carbocycles. The Balaban J connectivity index is 2.31. The van der Waals surface area contributed by atoms with Crippen molar-refractivity contribution in [2.75, 3.05) is 0 Å². The van der Waals surface area contributed by atoms with E-state index < -0.39 is 0 Å². The molecular weight excluding hydrogens is 382 g/mol. The number of aryl methyl sites for hydroxylation is 1. The van der Waals surface area contributed by atoms with Crippen LogP contribution in [0.4, 0.5) is 0 Å². The van der Waals surface area contributed by atoms with E-state index in [0.29, 0.717) is 27.4 Å². The first kappa shape index (κ1) is 16.0. The molecule has 1 aromatic carbocycles. The zero-order valence-electron chi connectivity index (χ0n) is 10.8. The van der Waals surface area contributed by atoms with Gasteiger partial charge in [-0.15, -0.1) is 0 Å². The first-order chi connectivity index (χ1) is 9.51. The van der Waals surface area contributed by atoms with Gasteiger partial charge in [-0.25, -0.2) is 9.97 Å². The van der Waals surface area contributed by atoms with Crippen LogP contribution in [0.1, 0.15) is 30.4 Å². The average molecular weight is 395 g/mol. The number of rotatable bonds is 4. The summed E-state index contributed by atoms with van der Waals surface area (Å²) in [7, 11) is 0. The van der Waals surface area contributed by atoms with Gasteiger partial charge < -0.3 is 0 Å². The van der Waals surface area contributed by atoms with Crippen LogP contribution in [0.2, 0.25) is 15.2 Å². The molecule has 20 heavy (non-hydrogen) atoms. The van der Waals surface area contributed by atoms with E-state index in [9.17, 15) is 0 Å². The summed E-state index contributed by atoms with van der Waals surface area (Å²) < 4.78 is 0.777. The van der Waals surface area contributed by atoms with Crippen LogP contribution in [0.15, 0.2) is 22.7 Å². The molecule has 0 atom stereocenters. The van der Waals surface area contributed by atoms with Gasteiger partial charge in [-0.1, -0.05) is 54.2 Å². The third kappa shape index (κ3) is 3.85. The van der Waals surface area contributed by atoms with Crippen LogP contribution in [0.25, 0.3) is 0 Å². The Hall–Kier alpha value is -0.350. The van der Waals surface area contributed by atoms with Crippen molar-refractivity contribution in [3.63, 3.8) is 0 Å². The molecule has 0 aliphatic rings. The fourth-order valence-electron chi connectivity index (χ4n) is 1.82. The highest BCUT2D eigenvalue weighted by molar-refractivity contribution is 9.10. The lowest BCUT2D eigenvalue weighted by Gasteiger charge is -2.08. The van der Waals surface area contributed by atoms with Crippen LogP contribution in [0, 0.1) is 0 Å². The summed E-state index contributed by atoms with van der Waals surface area (Å²) in [4.78, 5) is 8.85. The molecule has 0 spiro atoms. The van der Waals surface area contributed by atoms with Crippen molar-refractivity contribution in [1.82, 2.24) is 9.97 Å². The van der Waals surface area contributed by atoms with Crippen LogP contribution >= 0.6 is 50.7 Å². The molecule has 0 amide bonds. The van der Waals surface area contributed by atoms with Gasteiger partial charge in [0, 0.05) is 6.42 Å². The molecular formula is C14H12BrCl3N2. The molecule has 106 valence electrons. The van der Waals surface area contributed by atoms with E-state index in [1.54, 1.807) is 6.07 Å². The molecule has 1 aromatic heterocycles. The van der Waals surface area contributed by atoms with E-state index in [1.165, 1.54) is 0 Å². The van der Waals surface area contributed by atoms with E-state index in [-0.39, 0.29) is 0 Å². The van der Waals surface area contributed by atoms with E-state index in [1.807, 2.05) is 12.1 Å². The normalized spacial score (nSPS) is 10.8.